The lowest BCUT2D eigenvalue weighted by Gasteiger charge is -2.39. The Morgan fingerprint density at radius 2 is 2.17 bits per heavy atom. The van der Waals surface area contributed by atoms with E-state index in [-0.39, 0.29) is 24.5 Å². The summed E-state index contributed by atoms with van der Waals surface area (Å²) in [5.41, 5.74) is 0. The van der Waals surface area contributed by atoms with Crippen molar-refractivity contribution >= 4 is 11.8 Å². The van der Waals surface area contributed by atoms with Gasteiger partial charge in [-0.2, -0.15) is 4.98 Å². The van der Waals surface area contributed by atoms with Crippen molar-refractivity contribution in [1.29, 1.82) is 0 Å². The Balaban J connectivity index is 1.75. The van der Waals surface area contributed by atoms with Crippen LogP contribution in [-0.2, 0) is 14.3 Å². The van der Waals surface area contributed by atoms with E-state index in [0.29, 0.717) is 37.8 Å². The van der Waals surface area contributed by atoms with Crippen LogP contribution in [0.1, 0.15) is 43.9 Å². The van der Waals surface area contributed by atoms with Gasteiger partial charge in [0, 0.05) is 19.5 Å². The number of aromatic nitrogens is 2. The van der Waals surface area contributed by atoms with Gasteiger partial charge in [-0.1, -0.05) is 5.16 Å². The average Bonchev–Trinajstić information content (AvgIpc) is 2.95. The summed E-state index contributed by atoms with van der Waals surface area (Å²) in [5.74, 6) is 0.858. The van der Waals surface area contributed by atoms with Gasteiger partial charge in [-0.05, 0) is 26.7 Å². The van der Waals surface area contributed by atoms with E-state index in [9.17, 15) is 9.59 Å². The highest BCUT2D eigenvalue weighted by atomic mass is 16.5. The van der Waals surface area contributed by atoms with E-state index in [0.717, 1.165) is 12.8 Å². The molecule has 3 heterocycles. The molecule has 3 rings (SSSR count). The first-order valence-electron chi connectivity index (χ1n) is 8.05. The molecule has 2 amide bonds. The molecule has 2 saturated heterocycles. The van der Waals surface area contributed by atoms with Gasteiger partial charge in [-0.25, -0.2) is 0 Å². The zero-order valence-electron chi connectivity index (χ0n) is 13.5. The molecule has 0 aromatic carbocycles. The molecule has 2 fully saturated rings. The van der Waals surface area contributed by atoms with Gasteiger partial charge in [0.15, 0.2) is 5.82 Å². The first-order chi connectivity index (χ1) is 11.1. The van der Waals surface area contributed by atoms with Gasteiger partial charge >= 0.3 is 0 Å². The van der Waals surface area contributed by atoms with Crippen molar-refractivity contribution in [3.05, 3.63) is 11.7 Å². The molecule has 8 heteroatoms. The smallest absolute Gasteiger partial charge is 0.252 e. The summed E-state index contributed by atoms with van der Waals surface area (Å²) in [7, 11) is 0. The Morgan fingerprint density at radius 1 is 1.35 bits per heavy atom. The van der Waals surface area contributed by atoms with Crippen LogP contribution < -0.4 is 0 Å². The largest absolute Gasteiger partial charge is 0.374 e. The fourth-order valence-electron chi connectivity index (χ4n) is 3.15. The van der Waals surface area contributed by atoms with Gasteiger partial charge in [0.2, 0.25) is 11.8 Å². The summed E-state index contributed by atoms with van der Waals surface area (Å²) in [5, 5.41) is 3.80. The van der Waals surface area contributed by atoms with Gasteiger partial charge in [-0.15, -0.1) is 0 Å². The van der Waals surface area contributed by atoms with Crippen molar-refractivity contribution in [1.82, 2.24) is 19.9 Å². The molecule has 0 radical (unpaired) electrons. The highest BCUT2D eigenvalue weighted by Crippen LogP contribution is 2.28. The van der Waals surface area contributed by atoms with Crippen LogP contribution in [0.5, 0.6) is 0 Å². The third kappa shape index (κ3) is 3.36. The molecule has 0 spiro atoms. The Kier molecular flexibility index (Phi) is 4.61. The second-order valence-electron chi connectivity index (χ2n) is 6.06. The zero-order valence-corrected chi connectivity index (χ0v) is 13.5. The summed E-state index contributed by atoms with van der Waals surface area (Å²) in [6, 6.07) is -0.405. The number of likely N-dealkylation sites (tertiary alicyclic amines) is 1. The lowest BCUT2D eigenvalue weighted by atomic mass is 10.1. The standard InChI is InChI=1S/C15H22N4O4/c1-10-14(15-16-11(2)17-23-15)19(7-8-22-10)13(21)9-18-6-4-3-5-12(18)20/h10,14H,3-9H2,1-2H3/t10-,14+/m1/s1. The van der Waals surface area contributed by atoms with Gasteiger partial charge in [-0.3, -0.25) is 9.59 Å². The molecule has 2 aliphatic heterocycles. The summed E-state index contributed by atoms with van der Waals surface area (Å²) in [6.45, 7) is 5.29. The van der Waals surface area contributed by atoms with Crippen molar-refractivity contribution in [3.63, 3.8) is 0 Å². The lowest BCUT2D eigenvalue weighted by molar-refractivity contribution is -0.152. The van der Waals surface area contributed by atoms with Crippen molar-refractivity contribution in [2.24, 2.45) is 0 Å². The van der Waals surface area contributed by atoms with Crippen molar-refractivity contribution in [2.45, 2.75) is 45.3 Å². The number of aryl methyl sites for hydroxylation is 1. The van der Waals surface area contributed by atoms with Crippen LogP contribution in [0.25, 0.3) is 0 Å². The number of amides is 2. The van der Waals surface area contributed by atoms with Crippen LogP contribution in [-0.4, -0.2) is 64.1 Å². The van der Waals surface area contributed by atoms with Crippen LogP contribution in [0, 0.1) is 6.92 Å². The summed E-state index contributed by atoms with van der Waals surface area (Å²) in [4.78, 5) is 32.2. The van der Waals surface area contributed by atoms with E-state index in [2.05, 4.69) is 10.1 Å². The minimum atomic E-state index is -0.405. The number of carbonyl (C=O) groups is 2. The lowest BCUT2D eigenvalue weighted by Crippen LogP contribution is -2.51. The molecule has 0 unspecified atom stereocenters. The normalized spacial score (nSPS) is 25.7. The number of hydrogen-bond acceptors (Lipinski definition) is 6. The maximum atomic E-state index is 12.7. The Labute approximate surface area is 134 Å². The molecule has 0 bridgehead atoms. The predicted molar refractivity (Wildman–Crippen MR) is 79.3 cm³/mol. The minimum absolute atomic E-state index is 0.0519. The number of morpholine rings is 1. The molecular weight excluding hydrogens is 300 g/mol. The van der Waals surface area contributed by atoms with E-state index < -0.39 is 6.04 Å². The maximum Gasteiger partial charge on any atom is 0.252 e. The molecule has 2 atom stereocenters. The second kappa shape index (κ2) is 6.66. The van der Waals surface area contributed by atoms with Crippen LogP contribution in [0.2, 0.25) is 0 Å². The third-order valence-electron chi connectivity index (χ3n) is 4.36. The highest BCUT2D eigenvalue weighted by molar-refractivity contribution is 5.85. The first kappa shape index (κ1) is 15.9. The molecular formula is C15H22N4O4. The van der Waals surface area contributed by atoms with Crippen LogP contribution in [0.4, 0.5) is 0 Å². The van der Waals surface area contributed by atoms with Crippen LogP contribution >= 0.6 is 0 Å². The topological polar surface area (TPSA) is 88.8 Å². The molecule has 2 aliphatic rings. The number of hydrogen-bond donors (Lipinski definition) is 0. The van der Waals surface area contributed by atoms with Gasteiger partial charge in [0.25, 0.3) is 5.89 Å². The fourth-order valence-corrected chi connectivity index (χ4v) is 3.15. The molecule has 23 heavy (non-hydrogen) atoms. The van der Waals surface area contributed by atoms with Crippen molar-refractivity contribution in [3.8, 4) is 0 Å². The molecule has 1 aromatic heterocycles. The fraction of sp³-hybridized carbons (Fsp3) is 0.733. The molecule has 0 saturated carbocycles. The summed E-state index contributed by atoms with van der Waals surface area (Å²) >= 11 is 0. The van der Waals surface area contributed by atoms with Crippen LogP contribution in [0.3, 0.4) is 0 Å². The molecule has 1 aromatic rings. The summed E-state index contributed by atoms with van der Waals surface area (Å²) in [6.07, 6.45) is 2.15. The van der Waals surface area contributed by atoms with E-state index in [1.54, 1.807) is 16.7 Å². The van der Waals surface area contributed by atoms with Crippen molar-refractivity contribution in [2.75, 3.05) is 26.2 Å². The van der Waals surface area contributed by atoms with E-state index >= 15 is 0 Å². The van der Waals surface area contributed by atoms with Crippen LogP contribution in [0.15, 0.2) is 4.52 Å². The predicted octanol–water partition coefficient (Wildman–Crippen LogP) is 0.679. The second-order valence-corrected chi connectivity index (χ2v) is 6.06. The average molecular weight is 322 g/mol. The monoisotopic (exact) mass is 322 g/mol. The zero-order chi connectivity index (χ0) is 16.4. The molecule has 126 valence electrons. The molecule has 0 aliphatic carbocycles. The minimum Gasteiger partial charge on any atom is -0.374 e. The quantitative estimate of drug-likeness (QED) is 0.813. The number of nitrogens with zero attached hydrogens (tertiary/aromatic N) is 4. The van der Waals surface area contributed by atoms with Gasteiger partial charge < -0.3 is 19.1 Å². The van der Waals surface area contributed by atoms with Crippen molar-refractivity contribution < 1.29 is 18.8 Å². The molecule has 8 nitrogen and oxygen atoms in total. The Bertz CT molecular complexity index is 588. The number of ether oxygens (including phenoxy) is 1. The molecule has 0 N–H and O–H groups in total. The Morgan fingerprint density at radius 3 is 2.87 bits per heavy atom. The first-order valence-corrected chi connectivity index (χ1v) is 8.05. The number of rotatable bonds is 3. The number of carbonyl (C=O) groups excluding carboxylic acids is 2. The maximum absolute atomic E-state index is 12.7. The van der Waals surface area contributed by atoms with E-state index in [4.69, 9.17) is 9.26 Å². The Hall–Kier alpha value is -1.96. The van der Waals surface area contributed by atoms with E-state index in [1.807, 2.05) is 6.92 Å². The number of piperidine rings is 1. The van der Waals surface area contributed by atoms with Gasteiger partial charge in [0.1, 0.15) is 6.04 Å². The third-order valence-corrected chi connectivity index (χ3v) is 4.36. The van der Waals surface area contributed by atoms with Gasteiger partial charge in [0.05, 0.1) is 19.3 Å². The van der Waals surface area contributed by atoms with E-state index in [1.165, 1.54) is 0 Å². The highest BCUT2D eigenvalue weighted by Gasteiger charge is 2.38. The SMILES string of the molecule is Cc1noc([C@@H]2[C@@H](C)OCCN2C(=O)CN2CCCCC2=O)n1. The summed E-state index contributed by atoms with van der Waals surface area (Å²) < 4.78 is 10.9.